The van der Waals surface area contributed by atoms with Crippen LogP contribution in [0.2, 0.25) is 0 Å². The number of nitrogen functional groups attached to an aromatic ring is 1. The van der Waals surface area contributed by atoms with Gasteiger partial charge < -0.3 is 15.2 Å². The molecule has 172 valence electrons. The molecule has 3 aromatic rings. The summed E-state index contributed by atoms with van der Waals surface area (Å²) in [5.41, 5.74) is 8.39. The van der Waals surface area contributed by atoms with Gasteiger partial charge in [-0.25, -0.2) is 14.8 Å². The maximum Gasteiger partial charge on any atom is 0.236 e. The molecule has 0 radical (unpaired) electrons. The van der Waals surface area contributed by atoms with Gasteiger partial charge in [-0.3, -0.25) is 4.79 Å². The molecule has 2 N–H and O–H groups in total. The largest absolute Gasteiger partial charge is 0.488 e. The van der Waals surface area contributed by atoms with E-state index in [9.17, 15) is 10.1 Å². The van der Waals surface area contributed by atoms with Crippen molar-refractivity contribution in [1.82, 2.24) is 9.97 Å². The summed E-state index contributed by atoms with van der Waals surface area (Å²) >= 11 is 2.61. The number of carbonyl (C=O) groups is 1. The number of Topliss-reactive ketones (excluding diaryl/α,β-unsaturated/α-hetero) is 1. The van der Waals surface area contributed by atoms with Crippen LogP contribution in [0, 0.1) is 17.9 Å². The molecule has 1 aliphatic rings. The summed E-state index contributed by atoms with van der Waals surface area (Å²) in [4.78, 5) is 24.1. The zero-order valence-electron chi connectivity index (χ0n) is 18.4. The fourth-order valence-electron chi connectivity index (χ4n) is 3.47. The van der Waals surface area contributed by atoms with Crippen LogP contribution in [0.25, 0.3) is 16.0 Å². The van der Waals surface area contributed by atoms with Crippen molar-refractivity contribution in [3.8, 4) is 22.9 Å². The Balaban J connectivity index is 1.63. The summed E-state index contributed by atoms with van der Waals surface area (Å²) < 4.78 is 11.3. The number of hydrogen-bond acceptors (Lipinski definition) is 9. The lowest BCUT2D eigenvalue weighted by Gasteiger charge is -2.15. The highest BCUT2D eigenvalue weighted by Gasteiger charge is 2.22. The molecule has 1 aromatic carbocycles. The Morgan fingerprint density at radius 3 is 2.85 bits per heavy atom. The third-order valence-corrected chi connectivity index (χ3v) is 7.13. The van der Waals surface area contributed by atoms with E-state index in [1.54, 1.807) is 6.92 Å². The second-order valence-electron chi connectivity index (χ2n) is 7.46. The molecule has 1 unspecified atom stereocenters. The number of anilines is 1. The second-order valence-corrected chi connectivity index (χ2v) is 9.28. The minimum absolute atomic E-state index is 0.00193. The van der Waals surface area contributed by atoms with Gasteiger partial charge in [0.2, 0.25) is 5.69 Å². The maximum atomic E-state index is 11.9. The normalized spacial score (nSPS) is 15.0. The number of nitrogens with two attached hydrogens (primary N) is 1. The van der Waals surface area contributed by atoms with Gasteiger partial charge in [0.1, 0.15) is 28.8 Å². The highest BCUT2D eigenvalue weighted by Crippen LogP contribution is 2.42. The van der Waals surface area contributed by atoms with E-state index < -0.39 is 0 Å². The number of nitrogens with zero attached hydrogens (tertiary/aromatic N) is 4. The molecule has 4 rings (SSSR count). The van der Waals surface area contributed by atoms with Crippen molar-refractivity contribution in [1.29, 1.82) is 5.26 Å². The van der Waals surface area contributed by atoms with E-state index in [1.165, 1.54) is 23.1 Å². The van der Waals surface area contributed by atoms with Gasteiger partial charge in [0, 0.05) is 29.5 Å². The number of pyridine rings is 1. The maximum absolute atomic E-state index is 11.9. The first-order chi connectivity index (χ1) is 16.5. The number of benzene rings is 1. The van der Waals surface area contributed by atoms with Gasteiger partial charge in [-0.15, -0.1) is 11.3 Å². The van der Waals surface area contributed by atoms with E-state index in [0.717, 1.165) is 12.1 Å². The van der Waals surface area contributed by atoms with Crippen LogP contribution >= 0.6 is 23.1 Å². The Bertz CT molecular complexity index is 1290. The first kappa shape index (κ1) is 23.7. The quantitative estimate of drug-likeness (QED) is 0.258. The van der Waals surface area contributed by atoms with E-state index in [2.05, 4.69) is 20.9 Å². The van der Waals surface area contributed by atoms with Crippen molar-refractivity contribution < 1.29 is 14.3 Å². The van der Waals surface area contributed by atoms with Crippen LogP contribution in [0.4, 0.5) is 11.5 Å². The molecule has 1 aliphatic heterocycles. The smallest absolute Gasteiger partial charge is 0.236 e. The third-order valence-electron chi connectivity index (χ3n) is 5.19. The van der Waals surface area contributed by atoms with E-state index >= 15 is 0 Å². The third kappa shape index (κ3) is 5.05. The van der Waals surface area contributed by atoms with E-state index in [0.29, 0.717) is 52.3 Å². The average Bonchev–Trinajstić information content (AvgIpc) is 3.54. The molecule has 0 saturated carbocycles. The zero-order valence-corrected chi connectivity index (χ0v) is 20.0. The Morgan fingerprint density at radius 2 is 2.21 bits per heavy atom. The highest BCUT2D eigenvalue weighted by atomic mass is 32.2. The summed E-state index contributed by atoms with van der Waals surface area (Å²) in [5, 5.41) is 12.7. The molecule has 2 aromatic heterocycles. The Morgan fingerprint density at radius 1 is 1.41 bits per heavy atom. The van der Waals surface area contributed by atoms with E-state index in [4.69, 9.17) is 21.8 Å². The van der Waals surface area contributed by atoms with Gasteiger partial charge in [-0.1, -0.05) is 30.8 Å². The van der Waals surface area contributed by atoms with E-state index in [-0.39, 0.29) is 29.0 Å². The summed E-state index contributed by atoms with van der Waals surface area (Å²) in [6.07, 6.45) is 1.27. The Labute approximate surface area is 205 Å². The number of aromatic nitrogens is 2. The number of thioether (sulfide) groups is 1. The summed E-state index contributed by atoms with van der Waals surface area (Å²) in [7, 11) is 0. The van der Waals surface area contributed by atoms with Crippen molar-refractivity contribution in [3.05, 3.63) is 57.3 Å². The molecule has 34 heavy (non-hydrogen) atoms. The van der Waals surface area contributed by atoms with Crippen molar-refractivity contribution in [2.75, 3.05) is 18.9 Å². The van der Waals surface area contributed by atoms with Gasteiger partial charge in [-0.05, 0) is 17.7 Å². The molecule has 8 nitrogen and oxygen atoms in total. The SMILES string of the molecule is [C-]#[N+]c1c(N)nc(SCc2csc(C(=O)CC)n2)c(C#N)c1-c1ccc(OC2CCOC2)cc1. The molecular formula is C24H21N5O3S2. The highest BCUT2D eigenvalue weighted by molar-refractivity contribution is 7.98. The number of ether oxygens (including phenoxy) is 2. The van der Waals surface area contributed by atoms with Crippen molar-refractivity contribution in [2.24, 2.45) is 0 Å². The predicted octanol–water partition coefficient (Wildman–Crippen LogP) is 5.26. The van der Waals surface area contributed by atoms with Crippen LogP contribution in [0.15, 0.2) is 34.7 Å². The number of ketones is 1. The van der Waals surface area contributed by atoms with Crippen molar-refractivity contribution in [2.45, 2.75) is 36.6 Å². The lowest BCUT2D eigenvalue weighted by atomic mass is 10.00. The van der Waals surface area contributed by atoms with E-state index in [1.807, 2.05) is 29.6 Å². The van der Waals surface area contributed by atoms with Crippen molar-refractivity contribution >= 4 is 40.4 Å². The number of carbonyl (C=O) groups excluding carboxylic acids is 1. The van der Waals surface area contributed by atoms with Gasteiger partial charge in [0.15, 0.2) is 10.8 Å². The molecule has 1 fully saturated rings. The lowest BCUT2D eigenvalue weighted by molar-refractivity contribution is 0.0987. The summed E-state index contributed by atoms with van der Waals surface area (Å²) in [6, 6.07) is 9.46. The number of nitriles is 1. The monoisotopic (exact) mass is 491 g/mol. The zero-order chi connectivity index (χ0) is 24.1. The summed E-state index contributed by atoms with van der Waals surface area (Å²) in [5.74, 6) is 1.18. The average molecular weight is 492 g/mol. The molecule has 0 bridgehead atoms. The first-order valence-electron chi connectivity index (χ1n) is 10.6. The molecule has 1 saturated heterocycles. The van der Waals surface area contributed by atoms with Crippen LogP contribution in [0.1, 0.15) is 40.8 Å². The van der Waals surface area contributed by atoms with Gasteiger partial charge >= 0.3 is 0 Å². The van der Waals surface area contributed by atoms with Crippen LogP contribution < -0.4 is 10.5 Å². The van der Waals surface area contributed by atoms with Gasteiger partial charge in [0.25, 0.3) is 0 Å². The Kier molecular flexibility index (Phi) is 7.43. The number of hydrogen-bond donors (Lipinski definition) is 1. The minimum Gasteiger partial charge on any atom is -0.488 e. The molecule has 0 amide bonds. The topological polar surface area (TPSA) is 115 Å². The molecule has 10 heteroatoms. The second kappa shape index (κ2) is 10.7. The molecule has 0 spiro atoms. The fraction of sp³-hybridized carbons (Fsp3) is 0.292. The molecular weight excluding hydrogens is 470 g/mol. The molecule has 3 heterocycles. The summed E-state index contributed by atoms with van der Waals surface area (Å²) in [6.45, 7) is 10.7. The Hall–Kier alpha value is -3.44. The van der Waals surface area contributed by atoms with Crippen LogP contribution in [-0.2, 0) is 10.5 Å². The standard InChI is InChI=1S/C24H21N5O3S2/c1-3-19(30)24-28-15(13-34-24)12-33-23-18(10-25)20(21(27-2)22(26)29-23)14-4-6-16(7-5-14)32-17-8-9-31-11-17/h4-7,13,17H,3,8-9,11-12H2,1H3,(H2,26,29). The molecule has 0 aliphatic carbocycles. The van der Waals surface area contributed by atoms with Crippen LogP contribution in [0.3, 0.4) is 0 Å². The van der Waals surface area contributed by atoms with Crippen LogP contribution in [-0.4, -0.2) is 35.1 Å². The number of rotatable bonds is 8. The van der Waals surface area contributed by atoms with Crippen LogP contribution in [0.5, 0.6) is 5.75 Å². The van der Waals surface area contributed by atoms with Gasteiger partial charge in [-0.2, -0.15) is 5.26 Å². The minimum atomic E-state index is -0.00193. The lowest BCUT2D eigenvalue weighted by Crippen LogP contribution is -2.15. The van der Waals surface area contributed by atoms with Gasteiger partial charge in [0.05, 0.1) is 31.0 Å². The predicted molar refractivity (Wildman–Crippen MR) is 131 cm³/mol. The fourth-order valence-corrected chi connectivity index (χ4v) is 5.29. The molecule has 1 atom stereocenters. The van der Waals surface area contributed by atoms with Crippen molar-refractivity contribution in [3.63, 3.8) is 0 Å². The first-order valence-corrected chi connectivity index (χ1v) is 12.5. The number of thiazole rings is 1.